The number of nitrogens with zero attached hydrogens (tertiary/aromatic N) is 1. The molecule has 26 heavy (non-hydrogen) atoms. The van der Waals surface area contributed by atoms with Gasteiger partial charge in [0.05, 0.1) is 12.0 Å². The van der Waals surface area contributed by atoms with Gasteiger partial charge in [-0.05, 0) is 50.3 Å². The Morgan fingerprint density at radius 2 is 2.00 bits per heavy atom. The summed E-state index contributed by atoms with van der Waals surface area (Å²) >= 11 is 0. The number of piperidine rings is 1. The van der Waals surface area contributed by atoms with Crippen molar-refractivity contribution in [1.29, 1.82) is 0 Å². The number of benzene rings is 1. The van der Waals surface area contributed by atoms with Gasteiger partial charge < -0.3 is 15.5 Å². The molecule has 0 bridgehead atoms. The molecule has 0 spiro atoms. The molecule has 2 atom stereocenters. The molecular weight excluding hydrogens is 333 g/mol. The van der Waals surface area contributed by atoms with Gasteiger partial charge in [-0.15, -0.1) is 0 Å². The van der Waals surface area contributed by atoms with Crippen LogP contribution in [-0.4, -0.2) is 36.5 Å². The molecule has 2 N–H and O–H groups in total. The second-order valence-electron chi connectivity index (χ2n) is 6.93. The summed E-state index contributed by atoms with van der Waals surface area (Å²) in [7, 11) is 0. The van der Waals surface area contributed by atoms with Gasteiger partial charge in [-0.3, -0.25) is 4.79 Å². The molecule has 1 aliphatic heterocycles. The van der Waals surface area contributed by atoms with Crippen LogP contribution in [0.15, 0.2) is 18.2 Å². The lowest BCUT2D eigenvalue weighted by Crippen LogP contribution is -2.50. The predicted molar refractivity (Wildman–Crippen MR) is 100 cm³/mol. The van der Waals surface area contributed by atoms with Crippen LogP contribution >= 0.6 is 0 Å². The van der Waals surface area contributed by atoms with Crippen molar-refractivity contribution in [3.05, 3.63) is 35.1 Å². The highest BCUT2D eigenvalue weighted by molar-refractivity contribution is 5.81. The minimum atomic E-state index is -0.247. The van der Waals surface area contributed by atoms with Crippen molar-refractivity contribution in [1.82, 2.24) is 15.5 Å². The molecule has 6 heteroatoms. The Morgan fingerprint density at radius 1 is 1.23 bits per heavy atom. The number of amides is 3. The smallest absolute Gasteiger partial charge is 0.317 e. The molecule has 0 saturated carbocycles. The number of nitrogens with one attached hydrogen (secondary N) is 2. The largest absolute Gasteiger partial charge is 0.356 e. The maximum Gasteiger partial charge on any atom is 0.317 e. The maximum atomic E-state index is 13.6. The number of rotatable bonds is 6. The Balaban J connectivity index is 2.20. The molecule has 0 aliphatic carbocycles. The number of halogens is 1. The van der Waals surface area contributed by atoms with E-state index in [9.17, 15) is 14.0 Å². The van der Waals surface area contributed by atoms with E-state index in [-0.39, 0.29) is 29.7 Å². The summed E-state index contributed by atoms with van der Waals surface area (Å²) in [5, 5.41) is 5.80. The molecule has 0 aromatic heterocycles. The summed E-state index contributed by atoms with van der Waals surface area (Å²) in [6.07, 6.45) is 3.32. The first kappa shape index (κ1) is 20.2. The number of carbonyl (C=O) groups is 2. The van der Waals surface area contributed by atoms with Crippen LogP contribution in [0, 0.1) is 18.7 Å². The molecule has 144 valence electrons. The van der Waals surface area contributed by atoms with Crippen LogP contribution in [0.1, 0.15) is 56.7 Å². The van der Waals surface area contributed by atoms with Crippen LogP contribution in [0.2, 0.25) is 0 Å². The van der Waals surface area contributed by atoms with Gasteiger partial charge in [0.15, 0.2) is 0 Å². The Hall–Kier alpha value is -2.11. The molecular formula is C20H30FN3O2. The zero-order valence-electron chi connectivity index (χ0n) is 16.0. The van der Waals surface area contributed by atoms with E-state index in [4.69, 9.17) is 0 Å². The minimum Gasteiger partial charge on any atom is -0.356 e. The van der Waals surface area contributed by atoms with Gasteiger partial charge in [-0.25, -0.2) is 9.18 Å². The van der Waals surface area contributed by atoms with Gasteiger partial charge >= 0.3 is 6.03 Å². The second kappa shape index (κ2) is 9.55. The highest BCUT2D eigenvalue weighted by atomic mass is 19.1. The van der Waals surface area contributed by atoms with Crippen LogP contribution < -0.4 is 10.6 Å². The Bertz CT molecular complexity index is 635. The van der Waals surface area contributed by atoms with Crippen LogP contribution in [-0.2, 0) is 4.79 Å². The van der Waals surface area contributed by atoms with Gasteiger partial charge in [0.25, 0.3) is 0 Å². The lowest BCUT2D eigenvalue weighted by molar-refractivity contribution is -0.126. The van der Waals surface area contributed by atoms with Crippen molar-refractivity contribution < 1.29 is 14.0 Å². The number of carbonyl (C=O) groups excluding carboxylic acids is 2. The van der Waals surface area contributed by atoms with E-state index in [1.807, 2.05) is 6.92 Å². The van der Waals surface area contributed by atoms with Crippen molar-refractivity contribution in [2.45, 2.75) is 52.5 Å². The number of urea groups is 1. The van der Waals surface area contributed by atoms with Gasteiger partial charge in [0.1, 0.15) is 5.82 Å². The van der Waals surface area contributed by atoms with Crippen LogP contribution in [0.3, 0.4) is 0 Å². The number of hydrogen-bond acceptors (Lipinski definition) is 2. The van der Waals surface area contributed by atoms with E-state index in [1.165, 1.54) is 6.07 Å². The van der Waals surface area contributed by atoms with E-state index >= 15 is 0 Å². The monoisotopic (exact) mass is 363 g/mol. The fourth-order valence-corrected chi connectivity index (χ4v) is 3.42. The topological polar surface area (TPSA) is 61.4 Å². The molecule has 3 amide bonds. The summed E-state index contributed by atoms with van der Waals surface area (Å²) in [6.45, 7) is 7.27. The fraction of sp³-hybridized carbons (Fsp3) is 0.600. The van der Waals surface area contributed by atoms with E-state index in [0.717, 1.165) is 18.4 Å². The van der Waals surface area contributed by atoms with Crippen molar-refractivity contribution in [2.24, 2.45) is 5.92 Å². The third kappa shape index (κ3) is 4.96. The summed E-state index contributed by atoms with van der Waals surface area (Å²) in [4.78, 5) is 26.7. The number of likely N-dealkylation sites (tertiary alicyclic amines) is 1. The molecule has 1 aromatic rings. The van der Waals surface area contributed by atoms with Crippen molar-refractivity contribution in [3.63, 3.8) is 0 Å². The van der Waals surface area contributed by atoms with Gasteiger partial charge in [0, 0.05) is 19.6 Å². The Morgan fingerprint density at radius 3 is 2.65 bits per heavy atom. The van der Waals surface area contributed by atoms with Crippen molar-refractivity contribution in [2.75, 3.05) is 19.6 Å². The van der Waals surface area contributed by atoms with E-state index in [0.29, 0.717) is 38.0 Å². The van der Waals surface area contributed by atoms with Crippen LogP contribution in [0.25, 0.3) is 0 Å². The average Bonchev–Trinajstić information content (AvgIpc) is 2.64. The lowest BCUT2D eigenvalue weighted by Gasteiger charge is -2.39. The minimum absolute atomic E-state index is 0.00686. The average molecular weight is 363 g/mol. The van der Waals surface area contributed by atoms with Crippen LogP contribution in [0.5, 0.6) is 0 Å². The molecule has 1 aromatic carbocycles. The van der Waals surface area contributed by atoms with Crippen molar-refractivity contribution in [3.8, 4) is 0 Å². The molecule has 1 fully saturated rings. The lowest BCUT2D eigenvalue weighted by atomic mass is 9.88. The van der Waals surface area contributed by atoms with Gasteiger partial charge in [-0.2, -0.15) is 0 Å². The number of aryl methyl sites for hydroxylation is 1. The second-order valence-corrected chi connectivity index (χ2v) is 6.93. The van der Waals surface area contributed by atoms with E-state index in [2.05, 4.69) is 17.6 Å². The highest BCUT2D eigenvalue weighted by Crippen LogP contribution is 2.34. The fourth-order valence-electron chi connectivity index (χ4n) is 3.42. The highest BCUT2D eigenvalue weighted by Gasteiger charge is 2.35. The summed E-state index contributed by atoms with van der Waals surface area (Å²) in [5.74, 6) is -0.457. The standard InChI is InChI=1S/C20H30FN3O2/c1-4-6-11-23-20(26)24-13-16(19(25)22-5-2)8-10-18(24)15-7-9-17(21)14(3)12-15/h7,9,12,16,18H,4-6,8,10-11,13H2,1-3H3,(H,22,25)(H,23,26)/t16-,18+/m1/s1. The predicted octanol–water partition coefficient (Wildman–Crippen LogP) is 3.53. The first-order valence-electron chi connectivity index (χ1n) is 9.56. The third-order valence-electron chi connectivity index (χ3n) is 4.94. The molecule has 1 heterocycles. The summed E-state index contributed by atoms with van der Waals surface area (Å²) < 4.78 is 13.6. The number of unbranched alkanes of at least 4 members (excludes halogenated alkanes) is 1. The molecule has 1 saturated heterocycles. The summed E-state index contributed by atoms with van der Waals surface area (Å²) in [6, 6.07) is 4.71. The zero-order valence-corrected chi connectivity index (χ0v) is 16.0. The first-order valence-corrected chi connectivity index (χ1v) is 9.56. The zero-order chi connectivity index (χ0) is 19.1. The first-order chi connectivity index (χ1) is 12.5. The molecule has 0 radical (unpaired) electrons. The SMILES string of the molecule is CCCCNC(=O)N1C[C@H](C(=O)NCC)CC[C@H]1c1ccc(F)c(C)c1. The van der Waals surface area contributed by atoms with Gasteiger partial charge in [0.2, 0.25) is 5.91 Å². The third-order valence-corrected chi connectivity index (χ3v) is 4.94. The Kier molecular flexibility index (Phi) is 7.42. The summed E-state index contributed by atoms with van der Waals surface area (Å²) in [5.41, 5.74) is 1.49. The normalized spacial score (nSPS) is 19.9. The van der Waals surface area contributed by atoms with Gasteiger partial charge in [-0.1, -0.05) is 25.5 Å². The molecule has 1 aliphatic rings. The Labute approximate surface area is 155 Å². The molecule has 5 nitrogen and oxygen atoms in total. The molecule has 0 unspecified atom stereocenters. The quantitative estimate of drug-likeness (QED) is 0.760. The maximum absolute atomic E-state index is 13.6. The van der Waals surface area contributed by atoms with Crippen molar-refractivity contribution >= 4 is 11.9 Å². The number of hydrogen-bond donors (Lipinski definition) is 2. The van der Waals surface area contributed by atoms with E-state index < -0.39 is 0 Å². The van der Waals surface area contributed by atoms with E-state index in [1.54, 1.807) is 24.0 Å². The molecule has 2 rings (SSSR count). The van der Waals surface area contributed by atoms with Crippen LogP contribution in [0.4, 0.5) is 9.18 Å².